The molecule has 2 saturated heterocycles. The zero-order chi connectivity index (χ0) is 19.5. The van der Waals surface area contributed by atoms with E-state index in [1.54, 1.807) is 0 Å². The minimum Gasteiger partial charge on any atom is -0.348 e. The van der Waals surface area contributed by atoms with Gasteiger partial charge in [0.25, 0.3) is 5.91 Å². The summed E-state index contributed by atoms with van der Waals surface area (Å²) in [5, 5.41) is 3.12. The van der Waals surface area contributed by atoms with Crippen LogP contribution in [0.1, 0.15) is 41.6 Å². The first kappa shape index (κ1) is 19.4. The summed E-state index contributed by atoms with van der Waals surface area (Å²) in [6.45, 7) is 7.84. The second-order valence-electron chi connectivity index (χ2n) is 8.57. The molecule has 1 unspecified atom stereocenters. The van der Waals surface area contributed by atoms with E-state index < -0.39 is 0 Å². The molecule has 1 N–H and O–H groups in total. The van der Waals surface area contributed by atoms with Gasteiger partial charge in [-0.3, -0.25) is 19.4 Å². The Bertz CT molecular complexity index is 710. The molecule has 1 saturated carbocycles. The van der Waals surface area contributed by atoms with Gasteiger partial charge in [0.15, 0.2) is 0 Å². The van der Waals surface area contributed by atoms with Crippen molar-refractivity contribution < 1.29 is 9.59 Å². The molecule has 2 heterocycles. The topological polar surface area (TPSA) is 55.9 Å². The van der Waals surface area contributed by atoms with Crippen molar-refractivity contribution in [2.75, 3.05) is 45.8 Å². The van der Waals surface area contributed by atoms with E-state index in [0.717, 1.165) is 57.3 Å². The van der Waals surface area contributed by atoms with Crippen LogP contribution in [0.5, 0.6) is 0 Å². The van der Waals surface area contributed by atoms with Gasteiger partial charge in [-0.25, -0.2) is 0 Å². The fourth-order valence-electron chi connectivity index (χ4n) is 4.53. The highest BCUT2D eigenvalue weighted by molar-refractivity contribution is 5.94. The quantitative estimate of drug-likeness (QED) is 0.836. The summed E-state index contributed by atoms with van der Waals surface area (Å²) in [5.41, 5.74) is 1.79. The van der Waals surface area contributed by atoms with Crippen LogP contribution in [-0.2, 0) is 4.79 Å². The van der Waals surface area contributed by atoms with Crippen molar-refractivity contribution >= 4 is 11.8 Å². The fraction of sp³-hybridized carbons (Fsp3) is 0.636. The van der Waals surface area contributed by atoms with E-state index in [4.69, 9.17) is 0 Å². The Kier molecular flexibility index (Phi) is 5.97. The van der Waals surface area contributed by atoms with Crippen LogP contribution in [0.3, 0.4) is 0 Å². The van der Waals surface area contributed by atoms with Crippen LogP contribution in [0.15, 0.2) is 24.3 Å². The zero-order valence-corrected chi connectivity index (χ0v) is 16.9. The van der Waals surface area contributed by atoms with E-state index in [0.29, 0.717) is 12.1 Å². The Morgan fingerprint density at radius 3 is 2.54 bits per heavy atom. The van der Waals surface area contributed by atoms with Gasteiger partial charge in [-0.15, -0.1) is 0 Å². The van der Waals surface area contributed by atoms with Gasteiger partial charge in [-0.1, -0.05) is 24.1 Å². The van der Waals surface area contributed by atoms with E-state index in [-0.39, 0.29) is 17.9 Å². The summed E-state index contributed by atoms with van der Waals surface area (Å²) in [4.78, 5) is 31.9. The molecule has 0 bridgehead atoms. The number of hydrogen-bond acceptors (Lipinski definition) is 4. The van der Waals surface area contributed by atoms with E-state index in [9.17, 15) is 9.59 Å². The minimum atomic E-state index is -0.0195. The van der Waals surface area contributed by atoms with Gasteiger partial charge in [0.1, 0.15) is 0 Å². The molecule has 2 aliphatic heterocycles. The monoisotopic (exact) mass is 384 g/mol. The predicted molar refractivity (Wildman–Crippen MR) is 109 cm³/mol. The molecular formula is C22H32N4O2. The van der Waals surface area contributed by atoms with Crippen molar-refractivity contribution in [3.63, 3.8) is 0 Å². The summed E-state index contributed by atoms with van der Waals surface area (Å²) in [6.07, 6.45) is 4.93. The Morgan fingerprint density at radius 1 is 1.07 bits per heavy atom. The van der Waals surface area contributed by atoms with E-state index in [1.807, 2.05) is 36.1 Å². The number of carbonyl (C=O) groups excluding carboxylic acids is 2. The standard InChI is InChI=1S/C22H32N4O2/c1-17-4-2-5-18(14-17)22(28)23-19-8-9-24(15-19)16-21(27)26-12-10-25(11-13-26)20-6-3-7-20/h2,4-5,14,19-20H,3,6-13,15-16H2,1H3,(H,23,28). The molecule has 28 heavy (non-hydrogen) atoms. The molecule has 1 aromatic rings. The molecule has 1 aliphatic carbocycles. The highest BCUT2D eigenvalue weighted by atomic mass is 16.2. The smallest absolute Gasteiger partial charge is 0.251 e. The molecular weight excluding hydrogens is 352 g/mol. The Morgan fingerprint density at radius 2 is 1.86 bits per heavy atom. The van der Waals surface area contributed by atoms with Gasteiger partial charge in [-0.2, -0.15) is 0 Å². The van der Waals surface area contributed by atoms with E-state index in [2.05, 4.69) is 15.1 Å². The second kappa shape index (κ2) is 8.62. The highest BCUT2D eigenvalue weighted by Crippen LogP contribution is 2.25. The maximum Gasteiger partial charge on any atom is 0.251 e. The average molecular weight is 385 g/mol. The maximum absolute atomic E-state index is 12.7. The van der Waals surface area contributed by atoms with Crippen molar-refractivity contribution in [3.05, 3.63) is 35.4 Å². The summed E-state index contributed by atoms with van der Waals surface area (Å²) in [5.74, 6) is 0.216. The number of hydrogen-bond donors (Lipinski definition) is 1. The Balaban J connectivity index is 1.20. The summed E-state index contributed by atoms with van der Waals surface area (Å²) >= 11 is 0. The van der Waals surface area contributed by atoms with Crippen LogP contribution in [0.4, 0.5) is 0 Å². The van der Waals surface area contributed by atoms with Gasteiger partial charge >= 0.3 is 0 Å². The van der Waals surface area contributed by atoms with Crippen LogP contribution in [0, 0.1) is 6.92 Å². The second-order valence-corrected chi connectivity index (χ2v) is 8.57. The lowest BCUT2D eigenvalue weighted by Gasteiger charge is -2.43. The number of likely N-dealkylation sites (tertiary alicyclic amines) is 1. The van der Waals surface area contributed by atoms with Crippen molar-refractivity contribution in [2.24, 2.45) is 0 Å². The number of piperazine rings is 1. The average Bonchev–Trinajstić information content (AvgIpc) is 3.07. The third-order valence-corrected chi connectivity index (χ3v) is 6.50. The largest absolute Gasteiger partial charge is 0.348 e. The van der Waals surface area contributed by atoms with Crippen LogP contribution in [-0.4, -0.2) is 84.4 Å². The van der Waals surface area contributed by atoms with E-state index in [1.165, 1.54) is 19.3 Å². The number of rotatable bonds is 5. The minimum absolute atomic E-state index is 0.0195. The number of nitrogens with zero attached hydrogens (tertiary/aromatic N) is 3. The van der Waals surface area contributed by atoms with Crippen LogP contribution < -0.4 is 5.32 Å². The fourth-order valence-corrected chi connectivity index (χ4v) is 4.53. The first-order valence-corrected chi connectivity index (χ1v) is 10.7. The van der Waals surface area contributed by atoms with E-state index >= 15 is 0 Å². The molecule has 1 atom stereocenters. The third-order valence-electron chi connectivity index (χ3n) is 6.50. The van der Waals surface area contributed by atoms with Crippen LogP contribution in [0.2, 0.25) is 0 Å². The summed E-state index contributed by atoms with van der Waals surface area (Å²) < 4.78 is 0. The number of aryl methyl sites for hydroxylation is 1. The highest BCUT2D eigenvalue weighted by Gasteiger charge is 2.31. The van der Waals surface area contributed by atoms with Gasteiger partial charge in [0, 0.05) is 56.9 Å². The molecule has 4 rings (SSSR count). The number of amides is 2. The lowest BCUT2D eigenvalue weighted by atomic mass is 9.91. The van der Waals surface area contributed by atoms with Crippen molar-refractivity contribution in [1.29, 1.82) is 0 Å². The predicted octanol–water partition coefficient (Wildman–Crippen LogP) is 1.50. The molecule has 6 nitrogen and oxygen atoms in total. The van der Waals surface area contributed by atoms with Crippen LogP contribution >= 0.6 is 0 Å². The number of benzene rings is 1. The molecule has 0 spiro atoms. The van der Waals surface area contributed by atoms with Gasteiger partial charge in [0.2, 0.25) is 5.91 Å². The third kappa shape index (κ3) is 4.55. The lowest BCUT2D eigenvalue weighted by Crippen LogP contribution is -2.55. The maximum atomic E-state index is 12.7. The van der Waals surface area contributed by atoms with Gasteiger partial charge in [-0.05, 0) is 38.3 Å². The molecule has 2 amide bonds. The molecule has 6 heteroatoms. The summed E-state index contributed by atoms with van der Waals surface area (Å²) in [6, 6.07) is 8.56. The van der Waals surface area contributed by atoms with Gasteiger partial charge < -0.3 is 10.2 Å². The zero-order valence-electron chi connectivity index (χ0n) is 16.9. The van der Waals surface area contributed by atoms with Crippen molar-refractivity contribution in [2.45, 2.75) is 44.7 Å². The van der Waals surface area contributed by atoms with Crippen molar-refractivity contribution in [1.82, 2.24) is 20.0 Å². The van der Waals surface area contributed by atoms with Crippen LogP contribution in [0.25, 0.3) is 0 Å². The molecule has 0 aromatic heterocycles. The molecule has 3 aliphatic rings. The summed E-state index contributed by atoms with van der Waals surface area (Å²) in [7, 11) is 0. The van der Waals surface area contributed by atoms with Crippen molar-refractivity contribution in [3.8, 4) is 0 Å². The number of carbonyl (C=O) groups is 2. The molecule has 152 valence electrons. The molecule has 0 radical (unpaired) electrons. The molecule has 1 aromatic carbocycles. The first-order chi connectivity index (χ1) is 13.6. The number of nitrogens with one attached hydrogen (secondary N) is 1. The normalized spacial score (nSPS) is 24.2. The molecule has 3 fully saturated rings. The lowest BCUT2D eigenvalue weighted by molar-refractivity contribution is -0.134. The first-order valence-electron chi connectivity index (χ1n) is 10.7. The SMILES string of the molecule is Cc1cccc(C(=O)NC2CCN(CC(=O)N3CCN(C4CCC4)CC3)C2)c1. The Labute approximate surface area is 167 Å². The Hall–Kier alpha value is -1.92. The van der Waals surface area contributed by atoms with Gasteiger partial charge in [0.05, 0.1) is 6.54 Å².